The molecule has 0 saturated carbocycles. The van der Waals surface area contributed by atoms with E-state index in [2.05, 4.69) is 17.2 Å². The van der Waals surface area contributed by atoms with Crippen LogP contribution < -0.4 is 5.32 Å². The number of rotatable bonds is 5. The molecule has 2 atom stereocenters. The Morgan fingerprint density at radius 1 is 1.62 bits per heavy atom. The smallest absolute Gasteiger partial charge is 0.0794 e. The van der Waals surface area contributed by atoms with Gasteiger partial charge in [-0.25, -0.2) is 0 Å². The third-order valence-electron chi connectivity index (χ3n) is 1.89. The lowest BCUT2D eigenvalue weighted by Gasteiger charge is -2.12. The van der Waals surface area contributed by atoms with Gasteiger partial charge in [0.15, 0.2) is 0 Å². The molecule has 1 rings (SSSR count). The SMILES string of the molecule is CC(O)CCNC(C)c1cncs1. The fraction of sp³-hybridized carbons (Fsp3) is 0.667. The van der Waals surface area contributed by atoms with E-state index in [1.165, 1.54) is 4.88 Å². The molecular formula is C9H16N2OS. The number of aliphatic hydroxyl groups excluding tert-OH is 1. The van der Waals surface area contributed by atoms with Crippen molar-refractivity contribution in [2.75, 3.05) is 6.54 Å². The van der Waals surface area contributed by atoms with E-state index in [-0.39, 0.29) is 6.10 Å². The van der Waals surface area contributed by atoms with E-state index >= 15 is 0 Å². The zero-order valence-corrected chi connectivity index (χ0v) is 8.84. The largest absolute Gasteiger partial charge is 0.393 e. The second kappa shape index (κ2) is 5.32. The van der Waals surface area contributed by atoms with Crippen molar-refractivity contribution in [1.29, 1.82) is 0 Å². The molecule has 0 aliphatic rings. The molecule has 13 heavy (non-hydrogen) atoms. The van der Waals surface area contributed by atoms with Gasteiger partial charge in [-0.05, 0) is 26.8 Å². The Bertz CT molecular complexity index is 224. The van der Waals surface area contributed by atoms with Crippen molar-refractivity contribution in [3.05, 3.63) is 16.6 Å². The summed E-state index contributed by atoms with van der Waals surface area (Å²) in [6.45, 7) is 4.76. The van der Waals surface area contributed by atoms with Crippen molar-refractivity contribution < 1.29 is 5.11 Å². The van der Waals surface area contributed by atoms with Gasteiger partial charge >= 0.3 is 0 Å². The lowest BCUT2D eigenvalue weighted by atomic mass is 10.2. The third kappa shape index (κ3) is 3.85. The van der Waals surface area contributed by atoms with Gasteiger partial charge in [0.2, 0.25) is 0 Å². The predicted octanol–water partition coefficient (Wildman–Crippen LogP) is 1.56. The van der Waals surface area contributed by atoms with E-state index in [4.69, 9.17) is 5.11 Å². The number of hydrogen-bond acceptors (Lipinski definition) is 4. The van der Waals surface area contributed by atoms with Crippen LogP contribution >= 0.6 is 11.3 Å². The van der Waals surface area contributed by atoms with Crippen LogP contribution in [-0.4, -0.2) is 22.7 Å². The molecule has 0 aliphatic heterocycles. The lowest BCUT2D eigenvalue weighted by Crippen LogP contribution is -2.21. The molecule has 0 aromatic carbocycles. The number of aromatic nitrogens is 1. The van der Waals surface area contributed by atoms with E-state index in [0.29, 0.717) is 6.04 Å². The molecule has 0 spiro atoms. The Hall–Kier alpha value is -0.450. The summed E-state index contributed by atoms with van der Waals surface area (Å²) in [4.78, 5) is 5.26. The molecule has 2 N–H and O–H groups in total. The lowest BCUT2D eigenvalue weighted by molar-refractivity contribution is 0.182. The number of hydrogen-bond donors (Lipinski definition) is 2. The van der Waals surface area contributed by atoms with Crippen LogP contribution in [0, 0.1) is 0 Å². The van der Waals surface area contributed by atoms with Gasteiger partial charge in [0.05, 0.1) is 11.6 Å². The van der Waals surface area contributed by atoms with Crippen molar-refractivity contribution >= 4 is 11.3 Å². The number of thiazole rings is 1. The molecule has 1 aromatic rings. The molecule has 3 nitrogen and oxygen atoms in total. The second-order valence-corrected chi connectivity index (χ2v) is 4.14. The monoisotopic (exact) mass is 200 g/mol. The minimum atomic E-state index is -0.221. The molecule has 0 saturated heterocycles. The average molecular weight is 200 g/mol. The van der Waals surface area contributed by atoms with E-state index in [9.17, 15) is 0 Å². The summed E-state index contributed by atoms with van der Waals surface area (Å²) in [5.74, 6) is 0. The zero-order chi connectivity index (χ0) is 9.68. The highest BCUT2D eigenvalue weighted by Gasteiger charge is 2.05. The van der Waals surface area contributed by atoms with Crippen LogP contribution in [0.4, 0.5) is 0 Å². The Morgan fingerprint density at radius 3 is 2.92 bits per heavy atom. The standard InChI is InChI=1S/C9H16N2OS/c1-7(12)3-4-11-8(2)9-5-10-6-13-9/h5-8,11-12H,3-4H2,1-2H3. The molecule has 2 unspecified atom stereocenters. The van der Waals surface area contributed by atoms with Gasteiger partial charge in [0.1, 0.15) is 0 Å². The van der Waals surface area contributed by atoms with Gasteiger partial charge in [-0.3, -0.25) is 4.98 Å². The van der Waals surface area contributed by atoms with Crippen molar-refractivity contribution in [1.82, 2.24) is 10.3 Å². The van der Waals surface area contributed by atoms with E-state index in [1.807, 2.05) is 11.7 Å². The van der Waals surface area contributed by atoms with Crippen LogP contribution in [-0.2, 0) is 0 Å². The summed E-state index contributed by atoms with van der Waals surface area (Å²) in [5.41, 5.74) is 1.84. The van der Waals surface area contributed by atoms with Gasteiger partial charge in [-0.2, -0.15) is 0 Å². The highest BCUT2D eigenvalue weighted by molar-refractivity contribution is 7.09. The van der Waals surface area contributed by atoms with Crippen LogP contribution in [0.2, 0.25) is 0 Å². The van der Waals surface area contributed by atoms with Crippen molar-refractivity contribution in [2.24, 2.45) is 0 Å². The van der Waals surface area contributed by atoms with E-state index < -0.39 is 0 Å². The minimum absolute atomic E-state index is 0.221. The quantitative estimate of drug-likeness (QED) is 0.758. The first-order valence-electron chi connectivity index (χ1n) is 4.50. The second-order valence-electron chi connectivity index (χ2n) is 3.22. The van der Waals surface area contributed by atoms with E-state index in [0.717, 1.165) is 13.0 Å². The van der Waals surface area contributed by atoms with Crippen LogP contribution in [0.3, 0.4) is 0 Å². The summed E-state index contributed by atoms with van der Waals surface area (Å²) in [6.07, 6.45) is 2.45. The van der Waals surface area contributed by atoms with Gasteiger partial charge in [-0.1, -0.05) is 0 Å². The van der Waals surface area contributed by atoms with Crippen molar-refractivity contribution in [2.45, 2.75) is 32.4 Å². The maximum absolute atomic E-state index is 9.05. The highest BCUT2D eigenvalue weighted by Crippen LogP contribution is 2.15. The van der Waals surface area contributed by atoms with Gasteiger partial charge in [0.25, 0.3) is 0 Å². The Balaban J connectivity index is 2.22. The summed E-state index contributed by atoms with van der Waals surface area (Å²) < 4.78 is 0. The number of nitrogens with zero attached hydrogens (tertiary/aromatic N) is 1. The summed E-state index contributed by atoms with van der Waals surface area (Å²) in [7, 11) is 0. The first kappa shape index (κ1) is 10.6. The van der Waals surface area contributed by atoms with Crippen LogP contribution in [0.1, 0.15) is 31.2 Å². The zero-order valence-electron chi connectivity index (χ0n) is 8.03. The first-order chi connectivity index (χ1) is 6.20. The minimum Gasteiger partial charge on any atom is -0.393 e. The fourth-order valence-electron chi connectivity index (χ4n) is 1.05. The Morgan fingerprint density at radius 2 is 2.38 bits per heavy atom. The fourth-order valence-corrected chi connectivity index (χ4v) is 1.70. The molecule has 1 heterocycles. The van der Waals surface area contributed by atoms with Crippen LogP contribution in [0.5, 0.6) is 0 Å². The van der Waals surface area contributed by atoms with Gasteiger partial charge < -0.3 is 10.4 Å². The molecule has 74 valence electrons. The first-order valence-corrected chi connectivity index (χ1v) is 5.38. The van der Waals surface area contributed by atoms with Gasteiger partial charge in [0, 0.05) is 17.1 Å². The molecular weight excluding hydrogens is 184 g/mol. The molecule has 0 radical (unpaired) electrons. The average Bonchev–Trinajstić information content (AvgIpc) is 2.55. The van der Waals surface area contributed by atoms with Gasteiger partial charge in [-0.15, -0.1) is 11.3 Å². The maximum Gasteiger partial charge on any atom is 0.0794 e. The van der Waals surface area contributed by atoms with Crippen molar-refractivity contribution in [3.63, 3.8) is 0 Å². The predicted molar refractivity (Wildman–Crippen MR) is 54.8 cm³/mol. The Kier molecular flexibility index (Phi) is 4.35. The van der Waals surface area contributed by atoms with Crippen molar-refractivity contribution in [3.8, 4) is 0 Å². The molecule has 1 aromatic heterocycles. The highest BCUT2D eigenvalue weighted by atomic mass is 32.1. The number of aliphatic hydroxyl groups is 1. The van der Waals surface area contributed by atoms with E-state index in [1.54, 1.807) is 18.3 Å². The maximum atomic E-state index is 9.05. The topological polar surface area (TPSA) is 45.1 Å². The molecule has 4 heteroatoms. The molecule has 0 fully saturated rings. The molecule has 0 bridgehead atoms. The Labute approximate surface area is 82.8 Å². The third-order valence-corrected chi connectivity index (χ3v) is 2.85. The summed E-state index contributed by atoms with van der Waals surface area (Å²) >= 11 is 1.65. The normalized spacial score (nSPS) is 15.6. The molecule has 0 amide bonds. The summed E-state index contributed by atoms with van der Waals surface area (Å²) in [6, 6.07) is 0.339. The number of nitrogens with one attached hydrogen (secondary N) is 1. The molecule has 0 aliphatic carbocycles. The van der Waals surface area contributed by atoms with Crippen LogP contribution in [0.15, 0.2) is 11.7 Å². The summed E-state index contributed by atoms with van der Waals surface area (Å²) in [5, 5.41) is 12.4. The van der Waals surface area contributed by atoms with Crippen LogP contribution in [0.25, 0.3) is 0 Å².